The van der Waals surface area contributed by atoms with Gasteiger partial charge in [0.2, 0.25) is 0 Å². The number of ether oxygens (including phenoxy) is 1. The van der Waals surface area contributed by atoms with Gasteiger partial charge in [0.05, 0.1) is 7.11 Å². The largest absolute Gasteiger partial charge is 0.464 e. The number of hydrogen-bond donors (Lipinski definition) is 0. The number of hydrogen-bond acceptors (Lipinski definition) is 4. The molecule has 3 rings (SSSR count). The Balaban J connectivity index is 1.91. The number of aromatic nitrogens is 1. The molecule has 0 radical (unpaired) electrons. The van der Waals surface area contributed by atoms with E-state index in [4.69, 9.17) is 0 Å². The van der Waals surface area contributed by atoms with Crippen LogP contribution in [0.2, 0.25) is 0 Å². The van der Waals surface area contributed by atoms with Gasteiger partial charge in [-0.15, -0.1) is 11.3 Å². The summed E-state index contributed by atoms with van der Waals surface area (Å²) >= 11 is 1.48. The predicted molar refractivity (Wildman–Crippen MR) is 70.9 cm³/mol. The zero-order chi connectivity index (χ0) is 12.5. The minimum Gasteiger partial charge on any atom is -0.464 e. The predicted octanol–water partition coefficient (Wildman–Crippen LogP) is 3.47. The van der Waals surface area contributed by atoms with Crippen molar-refractivity contribution < 1.29 is 9.53 Å². The Morgan fingerprint density at radius 3 is 3.00 bits per heavy atom. The second-order valence-electron chi connectivity index (χ2n) is 4.43. The van der Waals surface area contributed by atoms with Gasteiger partial charge < -0.3 is 4.74 Å². The number of carbonyl (C=O) groups excluding carboxylic acids is 1. The molecule has 0 spiro atoms. The highest BCUT2D eigenvalue weighted by molar-refractivity contribution is 7.13. The molecule has 0 saturated heterocycles. The van der Waals surface area contributed by atoms with E-state index >= 15 is 0 Å². The zero-order valence-corrected chi connectivity index (χ0v) is 10.9. The summed E-state index contributed by atoms with van der Waals surface area (Å²) in [4.78, 5) is 15.7. The molecule has 4 heteroatoms. The summed E-state index contributed by atoms with van der Waals surface area (Å²) < 4.78 is 4.66. The van der Waals surface area contributed by atoms with E-state index in [9.17, 15) is 4.79 Å². The maximum Gasteiger partial charge on any atom is 0.357 e. The highest BCUT2D eigenvalue weighted by Gasteiger charge is 2.23. The number of benzene rings is 1. The van der Waals surface area contributed by atoms with Gasteiger partial charge in [0.15, 0.2) is 5.69 Å². The summed E-state index contributed by atoms with van der Waals surface area (Å²) in [5, 5.41) is 2.61. The zero-order valence-electron chi connectivity index (χ0n) is 10.1. The van der Waals surface area contributed by atoms with E-state index in [1.807, 2.05) is 6.07 Å². The Kier molecular flexibility index (Phi) is 2.88. The van der Waals surface area contributed by atoms with Crippen LogP contribution in [0.25, 0.3) is 10.6 Å². The van der Waals surface area contributed by atoms with Gasteiger partial charge in [0.25, 0.3) is 0 Å². The van der Waals surface area contributed by atoms with E-state index < -0.39 is 0 Å². The molecule has 0 N–H and O–H groups in total. The van der Waals surface area contributed by atoms with Crippen LogP contribution in [-0.4, -0.2) is 18.1 Å². The molecular weight excluding hydrogens is 246 g/mol. The van der Waals surface area contributed by atoms with Gasteiger partial charge in [0, 0.05) is 10.9 Å². The molecule has 2 aromatic rings. The molecule has 1 aromatic heterocycles. The van der Waals surface area contributed by atoms with Gasteiger partial charge in [-0.2, -0.15) is 0 Å². The van der Waals surface area contributed by atoms with Crippen molar-refractivity contribution in [3.8, 4) is 10.6 Å². The summed E-state index contributed by atoms with van der Waals surface area (Å²) in [5.41, 5.74) is 2.84. The number of carbonyl (C=O) groups is 1. The van der Waals surface area contributed by atoms with E-state index in [0.717, 1.165) is 16.5 Å². The van der Waals surface area contributed by atoms with Gasteiger partial charge in [-0.25, -0.2) is 9.78 Å². The Morgan fingerprint density at radius 2 is 2.28 bits per heavy atom. The Hall–Kier alpha value is -1.68. The molecule has 1 aromatic carbocycles. The van der Waals surface area contributed by atoms with Crippen molar-refractivity contribution in [1.82, 2.24) is 4.98 Å². The molecule has 3 nitrogen and oxygen atoms in total. The minimum atomic E-state index is -0.379. The molecule has 1 fully saturated rings. The van der Waals surface area contributed by atoms with Crippen LogP contribution in [0.3, 0.4) is 0 Å². The quantitative estimate of drug-likeness (QED) is 0.792. The molecule has 0 aliphatic heterocycles. The molecule has 0 bridgehead atoms. The third kappa shape index (κ3) is 2.16. The van der Waals surface area contributed by atoms with Crippen molar-refractivity contribution >= 4 is 17.3 Å². The molecule has 92 valence electrons. The first-order valence-electron chi connectivity index (χ1n) is 5.92. The number of nitrogens with zero attached hydrogens (tertiary/aromatic N) is 1. The number of esters is 1. The molecule has 18 heavy (non-hydrogen) atoms. The highest BCUT2D eigenvalue weighted by Crippen LogP contribution is 2.41. The SMILES string of the molecule is COC(=O)c1csc(-c2cccc(C3CC3)c2)n1. The monoisotopic (exact) mass is 259 g/mol. The summed E-state index contributed by atoms with van der Waals surface area (Å²) in [7, 11) is 1.37. The van der Waals surface area contributed by atoms with Crippen molar-refractivity contribution in [3.05, 3.63) is 40.9 Å². The van der Waals surface area contributed by atoms with Crippen LogP contribution in [0.4, 0.5) is 0 Å². The molecule has 1 aliphatic rings. The molecule has 1 aliphatic carbocycles. The third-order valence-electron chi connectivity index (χ3n) is 3.08. The summed E-state index contributed by atoms with van der Waals surface area (Å²) in [6, 6.07) is 8.43. The normalized spacial score (nSPS) is 14.5. The smallest absolute Gasteiger partial charge is 0.357 e. The molecule has 0 unspecified atom stereocenters. The first-order chi connectivity index (χ1) is 8.78. The Bertz CT molecular complexity index is 587. The summed E-state index contributed by atoms with van der Waals surface area (Å²) in [6.45, 7) is 0. The number of rotatable bonds is 3. The van der Waals surface area contributed by atoms with Gasteiger partial charge in [-0.1, -0.05) is 18.2 Å². The van der Waals surface area contributed by atoms with Crippen LogP contribution in [-0.2, 0) is 4.74 Å². The minimum absolute atomic E-state index is 0.379. The average Bonchev–Trinajstić information content (AvgIpc) is 3.15. The second kappa shape index (κ2) is 4.53. The topological polar surface area (TPSA) is 39.2 Å². The van der Waals surface area contributed by atoms with Crippen LogP contribution in [0, 0.1) is 0 Å². The van der Waals surface area contributed by atoms with E-state index in [1.165, 1.54) is 36.9 Å². The molecule has 1 heterocycles. The Labute approximate surface area is 109 Å². The maximum absolute atomic E-state index is 11.4. The first kappa shape index (κ1) is 11.4. The fourth-order valence-electron chi connectivity index (χ4n) is 1.95. The van der Waals surface area contributed by atoms with E-state index in [2.05, 4.69) is 27.9 Å². The van der Waals surface area contributed by atoms with Crippen LogP contribution < -0.4 is 0 Å². The van der Waals surface area contributed by atoms with Crippen molar-refractivity contribution in [1.29, 1.82) is 0 Å². The molecular formula is C14H13NO2S. The van der Waals surface area contributed by atoms with E-state index in [-0.39, 0.29) is 5.97 Å². The first-order valence-corrected chi connectivity index (χ1v) is 6.80. The van der Waals surface area contributed by atoms with Crippen LogP contribution >= 0.6 is 11.3 Å². The maximum atomic E-state index is 11.4. The van der Waals surface area contributed by atoms with Gasteiger partial charge in [0.1, 0.15) is 5.01 Å². The average molecular weight is 259 g/mol. The number of thiazole rings is 1. The van der Waals surface area contributed by atoms with Gasteiger partial charge in [-0.3, -0.25) is 0 Å². The summed E-state index contributed by atoms with van der Waals surface area (Å²) in [5.74, 6) is 0.348. The summed E-state index contributed by atoms with van der Waals surface area (Å²) in [6.07, 6.45) is 2.57. The van der Waals surface area contributed by atoms with Crippen LogP contribution in [0.5, 0.6) is 0 Å². The lowest BCUT2D eigenvalue weighted by Gasteiger charge is -2.00. The van der Waals surface area contributed by atoms with Crippen molar-refractivity contribution in [2.75, 3.05) is 7.11 Å². The van der Waals surface area contributed by atoms with Crippen molar-refractivity contribution in [2.45, 2.75) is 18.8 Å². The van der Waals surface area contributed by atoms with Crippen molar-refractivity contribution in [3.63, 3.8) is 0 Å². The fourth-order valence-corrected chi connectivity index (χ4v) is 2.73. The molecule has 0 atom stereocenters. The van der Waals surface area contributed by atoms with Crippen LogP contribution in [0.1, 0.15) is 34.8 Å². The lowest BCUT2D eigenvalue weighted by atomic mass is 10.1. The third-order valence-corrected chi connectivity index (χ3v) is 3.97. The van der Waals surface area contributed by atoms with E-state index in [1.54, 1.807) is 5.38 Å². The van der Waals surface area contributed by atoms with Gasteiger partial charge in [-0.05, 0) is 30.4 Å². The fraction of sp³-hybridized carbons (Fsp3) is 0.286. The number of methoxy groups -OCH3 is 1. The lowest BCUT2D eigenvalue weighted by Crippen LogP contribution is -2.00. The van der Waals surface area contributed by atoms with Crippen molar-refractivity contribution in [2.24, 2.45) is 0 Å². The molecule has 0 amide bonds. The van der Waals surface area contributed by atoms with Crippen LogP contribution in [0.15, 0.2) is 29.6 Å². The highest BCUT2D eigenvalue weighted by atomic mass is 32.1. The second-order valence-corrected chi connectivity index (χ2v) is 5.29. The Morgan fingerprint density at radius 1 is 1.44 bits per heavy atom. The lowest BCUT2D eigenvalue weighted by molar-refractivity contribution is 0.0595. The van der Waals surface area contributed by atoms with Gasteiger partial charge >= 0.3 is 5.97 Å². The molecule has 1 saturated carbocycles. The standard InChI is InChI=1S/C14H13NO2S/c1-17-14(16)12-8-18-13(15-12)11-4-2-3-10(7-11)9-5-6-9/h2-4,7-9H,5-6H2,1H3. The van der Waals surface area contributed by atoms with E-state index in [0.29, 0.717) is 5.69 Å².